The highest BCUT2D eigenvalue weighted by molar-refractivity contribution is 7.91. The fourth-order valence-electron chi connectivity index (χ4n) is 2.39. The second kappa shape index (κ2) is 5.73. The summed E-state index contributed by atoms with van der Waals surface area (Å²) in [5.74, 6) is 0. The van der Waals surface area contributed by atoms with Gasteiger partial charge in [0.2, 0.25) is 9.84 Å². The monoisotopic (exact) mass is 309 g/mol. The lowest BCUT2D eigenvalue weighted by molar-refractivity contribution is 0.596. The van der Waals surface area contributed by atoms with Gasteiger partial charge in [-0.3, -0.25) is 4.98 Å². The van der Waals surface area contributed by atoms with Gasteiger partial charge in [-0.25, -0.2) is 8.42 Å². The molecule has 0 unspecified atom stereocenters. The van der Waals surface area contributed by atoms with E-state index < -0.39 is 9.84 Å². The fraction of sp³-hybridized carbons (Fsp3) is 0.0556. The molecular formula is C18H15NO2S. The first-order valence-electron chi connectivity index (χ1n) is 6.92. The number of nitrogens with zero attached hydrogens (tertiary/aromatic N) is 1. The molecule has 0 saturated heterocycles. The van der Waals surface area contributed by atoms with Crippen LogP contribution in [0.4, 0.5) is 0 Å². The highest BCUT2D eigenvalue weighted by Gasteiger charge is 2.22. The molecule has 22 heavy (non-hydrogen) atoms. The molecule has 0 aliphatic carbocycles. The van der Waals surface area contributed by atoms with Crippen molar-refractivity contribution in [3.8, 4) is 11.3 Å². The molecule has 110 valence electrons. The van der Waals surface area contributed by atoms with E-state index in [2.05, 4.69) is 4.98 Å². The Bertz CT molecular complexity index is 903. The van der Waals surface area contributed by atoms with Crippen LogP contribution in [0.5, 0.6) is 0 Å². The standard InChI is InChI=1S/C18H15NO2S/c1-14-8-7-13-19-18(14)16-11-5-6-12-17(16)22(20,21)15-9-3-2-4-10-15/h2-13H,1H3. The first kappa shape index (κ1) is 14.5. The smallest absolute Gasteiger partial charge is 0.207 e. The van der Waals surface area contributed by atoms with Gasteiger partial charge in [-0.15, -0.1) is 0 Å². The number of aromatic nitrogens is 1. The number of sulfone groups is 1. The molecule has 3 rings (SSSR count). The number of pyridine rings is 1. The molecule has 4 heteroatoms. The van der Waals surface area contributed by atoms with Gasteiger partial charge in [-0.2, -0.15) is 0 Å². The predicted molar refractivity (Wildman–Crippen MR) is 86.3 cm³/mol. The van der Waals surface area contributed by atoms with Crippen molar-refractivity contribution in [1.29, 1.82) is 0 Å². The van der Waals surface area contributed by atoms with Crippen molar-refractivity contribution in [2.75, 3.05) is 0 Å². The maximum atomic E-state index is 12.9. The van der Waals surface area contributed by atoms with Crippen LogP contribution < -0.4 is 0 Å². The molecule has 0 spiro atoms. The Morgan fingerprint density at radius 1 is 0.818 bits per heavy atom. The molecule has 0 aliphatic heterocycles. The van der Waals surface area contributed by atoms with Crippen LogP contribution in [-0.4, -0.2) is 13.4 Å². The number of aryl methyl sites for hydroxylation is 1. The fourth-order valence-corrected chi connectivity index (χ4v) is 3.87. The van der Waals surface area contributed by atoms with Crippen molar-refractivity contribution in [3.05, 3.63) is 78.5 Å². The van der Waals surface area contributed by atoms with Crippen LogP contribution in [0.3, 0.4) is 0 Å². The topological polar surface area (TPSA) is 47.0 Å². The largest absolute Gasteiger partial charge is 0.256 e. The Morgan fingerprint density at radius 2 is 1.50 bits per heavy atom. The number of benzene rings is 2. The van der Waals surface area contributed by atoms with Crippen LogP contribution in [0.1, 0.15) is 5.56 Å². The molecule has 0 aliphatic rings. The highest BCUT2D eigenvalue weighted by atomic mass is 32.2. The van der Waals surface area contributed by atoms with Crippen molar-refractivity contribution in [2.45, 2.75) is 16.7 Å². The average Bonchev–Trinajstić information content (AvgIpc) is 2.56. The summed E-state index contributed by atoms with van der Waals surface area (Å²) in [7, 11) is -3.57. The molecule has 0 N–H and O–H groups in total. The Labute approximate surface area is 130 Å². The molecule has 3 nitrogen and oxygen atoms in total. The molecule has 0 amide bonds. The maximum absolute atomic E-state index is 12.9. The lowest BCUT2D eigenvalue weighted by Gasteiger charge is -2.11. The zero-order valence-corrected chi connectivity index (χ0v) is 12.9. The third kappa shape index (κ3) is 2.53. The zero-order valence-electron chi connectivity index (χ0n) is 12.1. The predicted octanol–water partition coefficient (Wildman–Crippen LogP) is 3.89. The van der Waals surface area contributed by atoms with E-state index in [0.717, 1.165) is 5.56 Å². The van der Waals surface area contributed by atoms with E-state index in [4.69, 9.17) is 0 Å². The summed E-state index contributed by atoms with van der Waals surface area (Å²) in [6.45, 7) is 1.92. The van der Waals surface area contributed by atoms with E-state index >= 15 is 0 Å². The number of hydrogen-bond donors (Lipinski definition) is 0. The summed E-state index contributed by atoms with van der Waals surface area (Å²) in [6.07, 6.45) is 1.67. The van der Waals surface area contributed by atoms with Crippen molar-refractivity contribution in [1.82, 2.24) is 4.98 Å². The van der Waals surface area contributed by atoms with E-state index in [9.17, 15) is 8.42 Å². The minimum absolute atomic E-state index is 0.281. The lowest BCUT2D eigenvalue weighted by atomic mass is 10.1. The molecule has 0 saturated carbocycles. The van der Waals surface area contributed by atoms with E-state index in [-0.39, 0.29) is 9.79 Å². The minimum atomic E-state index is -3.57. The lowest BCUT2D eigenvalue weighted by Crippen LogP contribution is -2.04. The summed E-state index contributed by atoms with van der Waals surface area (Å²) in [5.41, 5.74) is 2.26. The van der Waals surface area contributed by atoms with Gasteiger partial charge in [0.1, 0.15) is 0 Å². The van der Waals surface area contributed by atoms with Gasteiger partial charge in [0.25, 0.3) is 0 Å². The van der Waals surface area contributed by atoms with Crippen molar-refractivity contribution >= 4 is 9.84 Å². The summed E-state index contributed by atoms with van der Waals surface area (Å²) in [4.78, 5) is 4.92. The first-order valence-corrected chi connectivity index (χ1v) is 8.40. The van der Waals surface area contributed by atoms with Crippen LogP contribution >= 0.6 is 0 Å². The molecule has 0 atom stereocenters. The van der Waals surface area contributed by atoms with Crippen molar-refractivity contribution < 1.29 is 8.42 Å². The SMILES string of the molecule is Cc1cccnc1-c1ccccc1S(=O)(=O)c1ccccc1. The highest BCUT2D eigenvalue weighted by Crippen LogP contribution is 2.31. The Morgan fingerprint density at radius 3 is 2.23 bits per heavy atom. The summed E-state index contributed by atoms with van der Waals surface area (Å²) in [6, 6.07) is 19.2. The minimum Gasteiger partial charge on any atom is -0.256 e. The third-order valence-corrected chi connectivity index (χ3v) is 5.32. The average molecular weight is 309 g/mol. The second-order valence-electron chi connectivity index (χ2n) is 4.98. The third-order valence-electron chi connectivity index (χ3n) is 3.49. The van der Waals surface area contributed by atoms with Crippen molar-refractivity contribution in [3.63, 3.8) is 0 Å². The van der Waals surface area contributed by atoms with Gasteiger partial charge in [0, 0.05) is 11.8 Å². The van der Waals surface area contributed by atoms with Crippen LogP contribution in [0.25, 0.3) is 11.3 Å². The molecule has 0 radical (unpaired) electrons. The van der Waals surface area contributed by atoms with Gasteiger partial charge in [0.05, 0.1) is 15.5 Å². The Balaban J connectivity index is 2.24. The summed E-state index contributed by atoms with van der Waals surface area (Å²) < 4.78 is 25.8. The van der Waals surface area contributed by atoms with Gasteiger partial charge in [-0.1, -0.05) is 42.5 Å². The normalized spacial score (nSPS) is 11.3. The first-order chi connectivity index (χ1) is 10.6. The van der Waals surface area contributed by atoms with Gasteiger partial charge in [-0.05, 0) is 36.8 Å². The Hall–Kier alpha value is -2.46. The van der Waals surface area contributed by atoms with Crippen LogP contribution in [-0.2, 0) is 9.84 Å². The molecular weight excluding hydrogens is 294 g/mol. The van der Waals surface area contributed by atoms with Crippen LogP contribution in [0.2, 0.25) is 0 Å². The molecule has 3 aromatic rings. The van der Waals surface area contributed by atoms with Crippen LogP contribution in [0.15, 0.2) is 82.7 Å². The quantitative estimate of drug-likeness (QED) is 0.737. The van der Waals surface area contributed by atoms with E-state index in [1.165, 1.54) is 0 Å². The van der Waals surface area contributed by atoms with E-state index in [1.54, 1.807) is 54.7 Å². The van der Waals surface area contributed by atoms with E-state index in [1.807, 2.05) is 25.1 Å². The maximum Gasteiger partial charge on any atom is 0.207 e. The van der Waals surface area contributed by atoms with E-state index in [0.29, 0.717) is 11.3 Å². The number of hydrogen-bond acceptors (Lipinski definition) is 3. The molecule has 1 heterocycles. The molecule has 0 bridgehead atoms. The second-order valence-corrected chi connectivity index (χ2v) is 6.90. The van der Waals surface area contributed by atoms with Crippen molar-refractivity contribution in [2.24, 2.45) is 0 Å². The van der Waals surface area contributed by atoms with Gasteiger partial charge >= 0.3 is 0 Å². The molecule has 1 aromatic heterocycles. The summed E-state index contributed by atoms with van der Waals surface area (Å²) >= 11 is 0. The van der Waals surface area contributed by atoms with Crippen LogP contribution in [0, 0.1) is 6.92 Å². The number of rotatable bonds is 3. The molecule has 2 aromatic carbocycles. The van der Waals surface area contributed by atoms with Gasteiger partial charge < -0.3 is 0 Å². The molecule has 0 fully saturated rings. The zero-order chi connectivity index (χ0) is 15.6. The van der Waals surface area contributed by atoms with Gasteiger partial charge in [0.15, 0.2) is 0 Å². The summed E-state index contributed by atoms with van der Waals surface area (Å²) in [5, 5.41) is 0. The Kier molecular flexibility index (Phi) is 3.77.